The third kappa shape index (κ3) is 10.4. The van der Waals surface area contributed by atoms with Crippen LogP contribution in [-0.4, -0.2) is 31.8 Å². The Morgan fingerprint density at radius 1 is 1.09 bits per heavy atom. The van der Waals surface area contributed by atoms with Crippen molar-refractivity contribution in [2.45, 2.75) is 13.8 Å². The zero-order chi connectivity index (χ0) is 8.53. The fourth-order valence-electron chi connectivity index (χ4n) is 0.594. The Kier molecular flexibility index (Phi) is 8.81. The van der Waals surface area contributed by atoms with E-state index in [0.29, 0.717) is 19.1 Å². The smallest absolute Gasteiger partial charge is 0.0700 e. The van der Waals surface area contributed by atoms with E-state index < -0.39 is 0 Å². The van der Waals surface area contributed by atoms with Crippen LogP contribution in [0.3, 0.4) is 0 Å². The van der Waals surface area contributed by atoms with Gasteiger partial charge < -0.3 is 9.47 Å². The normalized spacial score (nSPS) is 10.9. The molecule has 0 unspecified atom stereocenters. The van der Waals surface area contributed by atoms with Crippen LogP contribution in [0.1, 0.15) is 13.8 Å². The highest BCUT2D eigenvalue weighted by molar-refractivity contribution is 9.09. The molecule has 0 radical (unpaired) electrons. The predicted octanol–water partition coefficient (Wildman–Crippen LogP) is 2.07. The number of halogens is 1. The van der Waals surface area contributed by atoms with Gasteiger partial charge in [-0.3, -0.25) is 0 Å². The second-order valence-electron chi connectivity index (χ2n) is 2.77. The summed E-state index contributed by atoms with van der Waals surface area (Å²) in [5.41, 5.74) is 0. The monoisotopic (exact) mass is 224 g/mol. The van der Waals surface area contributed by atoms with Crippen molar-refractivity contribution in [3.63, 3.8) is 0 Å². The summed E-state index contributed by atoms with van der Waals surface area (Å²) in [6.07, 6.45) is 0. The number of hydrogen-bond donors (Lipinski definition) is 0. The van der Waals surface area contributed by atoms with Crippen molar-refractivity contribution in [1.82, 2.24) is 0 Å². The Bertz CT molecular complexity index is 76.5. The van der Waals surface area contributed by atoms with E-state index in [1.807, 2.05) is 0 Å². The van der Waals surface area contributed by atoms with Crippen LogP contribution in [0.4, 0.5) is 0 Å². The second kappa shape index (κ2) is 8.50. The molecule has 0 saturated carbocycles. The molecule has 0 aliphatic rings. The van der Waals surface area contributed by atoms with Crippen molar-refractivity contribution in [2.24, 2.45) is 5.92 Å². The molecule has 0 aliphatic carbocycles. The Balaban J connectivity index is 2.80. The lowest BCUT2D eigenvalue weighted by atomic mass is 10.2. The maximum Gasteiger partial charge on any atom is 0.0700 e. The largest absolute Gasteiger partial charge is 0.379 e. The molecular weight excluding hydrogens is 208 g/mol. The quantitative estimate of drug-likeness (QED) is 0.487. The number of rotatable bonds is 7. The molecule has 2 nitrogen and oxygen atoms in total. The third-order valence-corrected chi connectivity index (χ3v) is 1.37. The average Bonchev–Trinajstić information content (AvgIpc) is 1.96. The fraction of sp³-hybridized carbons (Fsp3) is 1.00. The van der Waals surface area contributed by atoms with Gasteiger partial charge in [-0.05, 0) is 5.92 Å². The van der Waals surface area contributed by atoms with Gasteiger partial charge in [0.15, 0.2) is 0 Å². The van der Waals surface area contributed by atoms with E-state index in [-0.39, 0.29) is 0 Å². The number of ether oxygens (including phenoxy) is 2. The van der Waals surface area contributed by atoms with Crippen LogP contribution in [0, 0.1) is 5.92 Å². The molecule has 0 aromatic carbocycles. The topological polar surface area (TPSA) is 18.5 Å². The van der Waals surface area contributed by atoms with Crippen molar-refractivity contribution in [2.75, 3.05) is 31.8 Å². The maximum absolute atomic E-state index is 5.30. The van der Waals surface area contributed by atoms with Gasteiger partial charge in [-0.15, -0.1) is 0 Å². The van der Waals surface area contributed by atoms with Gasteiger partial charge >= 0.3 is 0 Å². The van der Waals surface area contributed by atoms with Gasteiger partial charge in [-0.2, -0.15) is 0 Å². The van der Waals surface area contributed by atoms with Gasteiger partial charge in [-0.25, -0.2) is 0 Å². The number of alkyl halides is 1. The standard InChI is InChI=1S/C8H17BrO2/c1-8(2)7-11-6-5-10-4-3-9/h8H,3-7H2,1-2H3. The van der Waals surface area contributed by atoms with Crippen molar-refractivity contribution < 1.29 is 9.47 Å². The molecule has 0 atom stereocenters. The molecule has 0 fully saturated rings. The molecule has 0 saturated heterocycles. The Hall–Kier alpha value is 0.400. The SMILES string of the molecule is CC(C)COCCOCCBr. The zero-order valence-corrected chi connectivity index (χ0v) is 8.89. The van der Waals surface area contributed by atoms with Crippen LogP contribution in [0.5, 0.6) is 0 Å². The van der Waals surface area contributed by atoms with Crippen LogP contribution in [0.15, 0.2) is 0 Å². The zero-order valence-electron chi connectivity index (χ0n) is 7.31. The molecular formula is C8H17BrO2. The molecule has 0 rings (SSSR count). The van der Waals surface area contributed by atoms with E-state index >= 15 is 0 Å². The van der Waals surface area contributed by atoms with Crippen molar-refractivity contribution in [3.8, 4) is 0 Å². The van der Waals surface area contributed by atoms with E-state index in [4.69, 9.17) is 9.47 Å². The van der Waals surface area contributed by atoms with Crippen molar-refractivity contribution in [1.29, 1.82) is 0 Å². The van der Waals surface area contributed by atoms with Gasteiger partial charge in [0.1, 0.15) is 0 Å². The third-order valence-electron chi connectivity index (χ3n) is 1.04. The minimum atomic E-state index is 0.617. The van der Waals surface area contributed by atoms with Crippen molar-refractivity contribution in [3.05, 3.63) is 0 Å². The molecule has 68 valence electrons. The fourth-order valence-corrected chi connectivity index (χ4v) is 0.822. The van der Waals surface area contributed by atoms with Crippen LogP contribution in [0.25, 0.3) is 0 Å². The molecule has 3 heteroatoms. The van der Waals surface area contributed by atoms with Crippen LogP contribution in [-0.2, 0) is 9.47 Å². The lowest BCUT2D eigenvalue weighted by Crippen LogP contribution is -2.09. The first-order valence-electron chi connectivity index (χ1n) is 3.98. The van der Waals surface area contributed by atoms with Gasteiger partial charge in [0, 0.05) is 11.9 Å². The first-order valence-corrected chi connectivity index (χ1v) is 5.11. The molecule has 0 spiro atoms. The van der Waals surface area contributed by atoms with Crippen LogP contribution >= 0.6 is 15.9 Å². The summed E-state index contributed by atoms with van der Waals surface area (Å²) < 4.78 is 10.5. The second-order valence-corrected chi connectivity index (χ2v) is 3.56. The van der Waals surface area contributed by atoms with Gasteiger partial charge in [-0.1, -0.05) is 29.8 Å². The summed E-state index contributed by atoms with van der Waals surface area (Å²) >= 11 is 3.28. The minimum absolute atomic E-state index is 0.617. The van der Waals surface area contributed by atoms with Crippen molar-refractivity contribution >= 4 is 15.9 Å². The number of hydrogen-bond acceptors (Lipinski definition) is 2. The maximum atomic E-state index is 5.30. The van der Waals surface area contributed by atoms with Crippen LogP contribution in [0.2, 0.25) is 0 Å². The van der Waals surface area contributed by atoms with E-state index in [0.717, 1.165) is 18.5 Å². The first-order chi connectivity index (χ1) is 5.27. The Labute approximate surface area is 77.4 Å². The Morgan fingerprint density at radius 3 is 2.27 bits per heavy atom. The molecule has 0 bridgehead atoms. The highest BCUT2D eigenvalue weighted by Crippen LogP contribution is 1.91. The minimum Gasteiger partial charge on any atom is -0.379 e. The van der Waals surface area contributed by atoms with Gasteiger partial charge in [0.05, 0.1) is 19.8 Å². The van der Waals surface area contributed by atoms with E-state index in [1.54, 1.807) is 0 Å². The average molecular weight is 225 g/mol. The molecule has 0 aromatic rings. The summed E-state index contributed by atoms with van der Waals surface area (Å²) in [6.45, 7) is 7.30. The highest BCUT2D eigenvalue weighted by atomic mass is 79.9. The lowest BCUT2D eigenvalue weighted by Gasteiger charge is -2.06. The molecule has 0 aliphatic heterocycles. The lowest BCUT2D eigenvalue weighted by molar-refractivity contribution is 0.0432. The summed E-state index contributed by atoms with van der Waals surface area (Å²) in [5, 5.41) is 0.900. The highest BCUT2D eigenvalue weighted by Gasteiger charge is 1.92. The van der Waals surface area contributed by atoms with E-state index in [9.17, 15) is 0 Å². The molecule has 0 amide bonds. The molecule has 0 N–H and O–H groups in total. The summed E-state index contributed by atoms with van der Waals surface area (Å²) in [7, 11) is 0. The Morgan fingerprint density at radius 2 is 1.73 bits per heavy atom. The van der Waals surface area contributed by atoms with E-state index in [1.165, 1.54) is 0 Å². The first kappa shape index (κ1) is 11.4. The predicted molar refractivity (Wildman–Crippen MR) is 50.3 cm³/mol. The molecule has 11 heavy (non-hydrogen) atoms. The van der Waals surface area contributed by atoms with E-state index in [2.05, 4.69) is 29.8 Å². The summed E-state index contributed by atoms with van der Waals surface area (Å²) in [5.74, 6) is 0.617. The molecule has 0 heterocycles. The van der Waals surface area contributed by atoms with Crippen LogP contribution < -0.4 is 0 Å². The van der Waals surface area contributed by atoms with Gasteiger partial charge in [0.2, 0.25) is 0 Å². The molecule has 0 aromatic heterocycles. The summed E-state index contributed by atoms with van der Waals surface area (Å²) in [4.78, 5) is 0. The van der Waals surface area contributed by atoms with Gasteiger partial charge in [0.25, 0.3) is 0 Å². The summed E-state index contributed by atoms with van der Waals surface area (Å²) in [6, 6.07) is 0.